The first kappa shape index (κ1) is 24.2. The van der Waals surface area contributed by atoms with Crippen molar-refractivity contribution in [3.63, 3.8) is 0 Å². The van der Waals surface area contributed by atoms with Crippen molar-refractivity contribution in [2.45, 2.75) is 0 Å². The number of rotatable bonds is 4. The highest BCUT2D eigenvalue weighted by molar-refractivity contribution is 6.24. The van der Waals surface area contributed by atoms with Crippen molar-refractivity contribution in [1.82, 2.24) is 9.97 Å². The fourth-order valence-corrected chi connectivity index (χ4v) is 4.93. The van der Waals surface area contributed by atoms with Gasteiger partial charge in [-0.25, -0.2) is 19.6 Å². The number of carbonyl (C=O) groups excluding carboxylic acids is 2. The summed E-state index contributed by atoms with van der Waals surface area (Å²) in [5, 5.41) is 13.2. The van der Waals surface area contributed by atoms with E-state index in [-0.39, 0.29) is 5.75 Å². The van der Waals surface area contributed by atoms with Crippen LogP contribution in [0.15, 0.2) is 115 Å². The molecule has 0 saturated carbocycles. The maximum atomic E-state index is 12.7. The molecule has 0 amide bonds. The Bertz CT molecular complexity index is 2150. The minimum atomic E-state index is -0.471. The van der Waals surface area contributed by atoms with Crippen molar-refractivity contribution in [2.24, 2.45) is 0 Å². The molecule has 7 heteroatoms. The number of aromatic nitrogens is 2. The van der Waals surface area contributed by atoms with Gasteiger partial charge in [-0.2, -0.15) is 0 Å². The van der Waals surface area contributed by atoms with E-state index in [0.29, 0.717) is 44.7 Å². The lowest BCUT2D eigenvalue weighted by Crippen LogP contribution is -2.08. The maximum absolute atomic E-state index is 12.7. The molecule has 1 aromatic heterocycles. The average Bonchev–Trinajstić information content (AvgIpc) is 3.01. The molecule has 41 heavy (non-hydrogen) atoms. The Kier molecular flexibility index (Phi) is 5.75. The van der Waals surface area contributed by atoms with E-state index in [1.807, 2.05) is 24.3 Å². The average molecular weight is 537 g/mol. The SMILES string of the molecule is O=C(Oc1ccc2c3ccc(OC(=O)c4ccccc4)cc3c3nc4cc(O)ccc4nc3c2c1)c1ccccc1. The molecule has 0 saturated heterocycles. The summed E-state index contributed by atoms with van der Waals surface area (Å²) < 4.78 is 11.4. The molecule has 0 atom stereocenters. The first-order chi connectivity index (χ1) is 20.0. The minimum absolute atomic E-state index is 0.0730. The number of benzene rings is 6. The maximum Gasteiger partial charge on any atom is 0.343 e. The number of hydrogen-bond donors (Lipinski definition) is 1. The third-order valence-electron chi connectivity index (χ3n) is 6.87. The topological polar surface area (TPSA) is 98.6 Å². The van der Waals surface area contributed by atoms with E-state index in [2.05, 4.69) is 0 Å². The van der Waals surface area contributed by atoms with Gasteiger partial charge in [0.1, 0.15) is 17.2 Å². The van der Waals surface area contributed by atoms with Gasteiger partial charge in [-0.05, 0) is 83.6 Å². The van der Waals surface area contributed by atoms with Crippen molar-refractivity contribution >= 4 is 55.6 Å². The van der Waals surface area contributed by atoms with Gasteiger partial charge in [0, 0.05) is 16.8 Å². The number of carbonyl (C=O) groups is 2. The number of nitrogens with zero attached hydrogens (tertiary/aromatic N) is 2. The van der Waals surface area contributed by atoms with Gasteiger partial charge in [0.05, 0.1) is 33.2 Å². The number of fused-ring (bicyclic) bond motifs is 7. The van der Waals surface area contributed by atoms with E-state index in [0.717, 1.165) is 21.5 Å². The highest BCUT2D eigenvalue weighted by Gasteiger charge is 2.17. The molecule has 0 aliphatic heterocycles. The molecular formula is C34H20N2O5. The minimum Gasteiger partial charge on any atom is -0.508 e. The van der Waals surface area contributed by atoms with E-state index >= 15 is 0 Å². The normalized spacial score (nSPS) is 11.2. The molecule has 7 aromatic rings. The predicted octanol–water partition coefficient (Wildman–Crippen LogP) is 7.23. The van der Waals surface area contributed by atoms with Crippen LogP contribution in [0.2, 0.25) is 0 Å². The fourth-order valence-electron chi connectivity index (χ4n) is 4.93. The van der Waals surface area contributed by atoms with Crippen LogP contribution in [0.3, 0.4) is 0 Å². The number of hydrogen-bond acceptors (Lipinski definition) is 7. The zero-order chi connectivity index (χ0) is 27.9. The number of phenolic OH excluding ortho intramolecular Hbond substituents is 1. The van der Waals surface area contributed by atoms with E-state index in [1.165, 1.54) is 0 Å². The lowest BCUT2D eigenvalue weighted by molar-refractivity contribution is 0.0725. The van der Waals surface area contributed by atoms with Crippen molar-refractivity contribution in [1.29, 1.82) is 0 Å². The van der Waals surface area contributed by atoms with Gasteiger partial charge in [0.15, 0.2) is 0 Å². The lowest BCUT2D eigenvalue weighted by Gasteiger charge is -2.13. The largest absolute Gasteiger partial charge is 0.508 e. The Balaban J connectivity index is 1.41. The predicted molar refractivity (Wildman–Crippen MR) is 157 cm³/mol. The highest BCUT2D eigenvalue weighted by Crippen LogP contribution is 2.38. The molecule has 1 heterocycles. The fraction of sp³-hybridized carbons (Fsp3) is 0. The van der Waals surface area contributed by atoms with Crippen LogP contribution in [-0.2, 0) is 0 Å². The smallest absolute Gasteiger partial charge is 0.343 e. The number of phenols is 1. The molecule has 1 N–H and O–H groups in total. The van der Waals surface area contributed by atoms with E-state index < -0.39 is 11.9 Å². The molecular weight excluding hydrogens is 516 g/mol. The van der Waals surface area contributed by atoms with Crippen LogP contribution in [-0.4, -0.2) is 27.0 Å². The molecule has 0 aliphatic carbocycles. The first-order valence-corrected chi connectivity index (χ1v) is 12.9. The van der Waals surface area contributed by atoms with Gasteiger partial charge >= 0.3 is 11.9 Å². The van der Waals surface area contributed by atoms with Crippen LogP contribution < -0.4 is 9.47 Å². The molecule has 196 valence electrons. The van der Waals surface area contributed by atoms with Crippen LogP contribution in [0.25, 0.3) is 43.6 Å². The quantitative estimate of drug-likeness (QED) is 0.110. The number of aromatic hydroxyl groups is 1. The Morgan fingerprint density at radius 1 is 0.512 bits per heavy atom. The van der Waals surface area contributed by atoms with Crippen LogP contribution in [0, 0.1) is 0 Å². The molecule has 0 bridgehead atoms. The van der Waals surface area contributed by atoms with Gasteiger partial charge < -0.3 is 14.6 Å². The molecule has 0 radical (unpaired) electrons. The van der Waals surface area contributed by atoms with E-state index in [1.54, 1.807) is 91.0 Å². The Labute approximate surface area is 233 Å². The molecule has 0 spiro atoms. The van der Waals surface area contributed by atoms with Gasteiger partial charge in [-0.1, -0.05) is 36.4 Å². The molecule has 0 fully saturated rings. The van der Waals surface area contributed by atoms with Crippen molar-refractivity contribution in [3.05, 3.63) is 126 Å². The summed E-state index contributed by atoms with van der Waals surface area (Å²) in [6.07, 6.45) is 0. The third kappa shape index (κ3) is 4.45. The second-order valence-corrected chi connectivity index (χ2v) is 9.52. The Morgan fingerprint density at radius 2 is 1.00 bits per heavy atom. The molecule has 7 nitrogen and oxygen atoms in total. The molecule has 7 rings (SSSR count). The summed E-state index contributed by atoms with van der Waals surface area (Å²) in [6.45, 7) is 0. The summed E-state index contributed by atoms with van der Waals surface area (Å²) in [5.41, 5.74) is 3.12. The lowest BCUT2D eigenvalue weighted by atomic mass is 9.98. The van der Waals surface area contributed by atoms with Gasteiger partial charge in [0.2, 0.25) is 0 Å². The number of esters is 2. The summed E-state index contributed by atoms with van der Waals surface area (Å²) >= 11 is 0. The zero-order valence-corrected chi connectivity index (χ0v) is 21.4. The summed E-state index contributed by atoms with van der Waals surface area (Å²) in [5.74, 6) is -0.136. The van der Waals surface area contributed by atoms with Gasteiger partial charge in [-0.15, -0.1) is 0 Å². The summed E-state index contributed by atoms with van der Waals surface area (Å²) in [4.78, 5) is 35.2. The van der Waals surface area contributed by atoms with Gasteiger partial charge in [-0.3, -0.25) is 0 Å². The molecule has 6 aromatic carbocycles. The van der Waals surface area contributed by atoms with Crippen molar-refractivity contribution in [2.75, 3.05) is 0 Å². The van der Waals surface area contributed by atoms with Crippen LogP contribution in [0.5, 0.6) is 17.2 Å². The summed E-state index contributed by atoms with van der Waals surface area (Å²) in [7, 11) is 0. The van der Waals surface area contributed by atoms with E-state index in [4.69, 9.17) is 19.4 Å². The zero-order valence-electron chi connectivity index (χ0n) is 21.4. The first-order valence-electron chi connectivity index (χ1n) is 12.9. The van der Waals surface area contributed by atoms with Crippen molar-refractivity contribution in [3.8, 4) is 17.2 Å². The standard InChI is InChI=1S/C34H20N2O5/c37-22-11-16-29-30(17-22)36-32-28-19-24(41-34(39)21-9-5-2-6-10-21)13-15-26(28)25-14-12-23(18-27(25)31(32)35-29)40-33(38)20-7-3-1-4-8-20/h1-19,37H. The summed E-state index contributed by atoms with van der Waals surface area (Å²) in [6, 6.07) is 33.1. The van der Waals surface area contributed by atoms with Crippen LogP contribution in [0.1, 0.15) is 20.7 Å². The van der Waals surface area contributed by atoms with Crippen LogP contribution in [0.4, 0.5) is 0 Å². The monoisotopic (exact) mass is 536 g/mol. The number of ether oxygens (including phenoxy) is 2. The Morgan fingerprint density at radius 3 is 1.51 bits per heavy atom. The molecule has 0 aliphatic rings. The Hall–Kier alpha value is -5.82. The molecule has 0 unspecified atom stereocenters. The van der Waals surface area contributed by atoms with Crippen molar-refractivity contribution < 1.29 is 24.2 Å². The van der Waals surface area contributed by atoms with Crippen LogP contribution >= 0.6 is 0 Å². The highest BCUT2D eigenvalue weighted by atomic mass is 16.5. The van der Waals surface area contributed by atoms with E-state index in [9.17, 15) is 14.7 Å². The second-order valence-electron chi connectivity index (χ2n) is 9.52. The van der Waals surface area contributed by atoms with Gasteiger partial charge in [0.25, 0.3) is 0 Å². The third-order valence-corrected chi connectivity index (χ3v) is 6.87. The second kappa shape index (κ2) is 9.73.